The van der Waals surface area contributed by atoms with E-state index in [4.69, 9.17) is 0 Å². The number of hydrogen-bond donors (Lipinski definition) is 4. The lowest BCUT2D eigenvalue weighted by atomic mass is 9.73. The van der Waals surface area contributed by atoms with Gasteiger partial charge in [0.05, 0.1) is 12.1 Å². The second kappa shape index (κ2) is 15.7. The average molecular weight is 767 g/mol. The monoisotopic (exact) mass is 767 g/mol. The molecule has 6 rings (SSSR count). The van der Waals surface area contributed by atoms with E-state index in [2.05, 4.69) is 53.9 Å². The van der Waals surface area contributed by atoms with E-state index in [9.17, 15) is 24.0 Å². The molecule has 12 nitrogen and oxygen atoms in total. The van der Waals surface area contributed by atoms with Crippen molar-refractivity contribution in [3.63, 3.8) is 0 Å². The number of hydrogen-bond acceptors (Lipinski definition) is 7. The second-order valence-electron chi connectivity index (χ2n) is 20.0. The number of Topliss-reactive ketones (excluding diaryl/α,β-unsaturated/α-hetero) is 1. The average Bonchev–Trinajstić information content (AvgIpc) is 3.78. The molecule has 2 spiro atoms. The lowest BCUT2D eigenvalue weighted by Gasteiger charge is -2.38. The van der Waals surface area contributed by atoms with Crippen molar-refractivity contribution in [1.29, 1.82) is 0 Å². The summed E-state index contributed by atoms with van der Waals surface area (Å²) in [4.78, 5) is 88.1. The van der Waals surface area contributed by atoms with Crippen molar-refractivity contribution in [3.8, 4) is 0 Å². The quantitative estimate of drug-likeness (QED) is 0.191. The van der Waals surface area contributed by atoms with Crippen LogP contribution in [-0.4, -0.2) is 101 Å². The van der Waals surface area contributed by atoms with Gasteiger partial charge in [0.1, 0.15) is 18.1 Å². The zero-order valence-electron chi connectivity index (χ0n) is 35.0. The Labute approximate surface area is 329 Å². The SMILES string of the molecule is CCC[C@H](NC(=O)[C@@H]1C[C@@]2(CN1C(=O)[C@@H](NC(=O)[C@@H](NC(=O)[C@H]1CCCN1C(C)C)C1CCCCC1)C(C)(C)C)C(C)(C)C21CCC1)C(=O)C(=O)NC1CC1. The maximum Gasteiger partial charge on any atom is 0.289 e. The van der Waals surface area contributed by atoms with Crippen LogP contribution in [0.3, 0.4) is 0 Å². The van der Waals surface area contributed by atoms with Gasteiger partial charge in [0.25, 0.3) is 5.91 Å². The summed E-state index contributed by atoms with van der Waals surface area (Å²) < 4.78 is 0. The zero-order valence-corrected chi connectivity index (χ0v) is 35.0. The van der Waals surface area contributed by atoms with Crippen molar-refractivity contribution >= 4 is 35.3 Å². The van der Waals surface area contributed by atoms with Crippen LogP contribution in [0.25, 0.3) is 0 Å². The normalized spacial score (nSPS) is 29.0. The zero-order chi connectivity index (χ0) is 40.1. The van der Waals surface area contributed by atoms with Gasteiger partial charge in [0.2, 0.25) is 29.4 Å². The standard InChI is InChI=1S/C43H70N6O6/c1-9-15-29(33(50)38(54)44-28-19-20-28)45-36(52)31-24-43(41(7,8)42(43)21-14-22-42)25-49(31)39(55)34(40(4,5)6)47-37(53)32(27-16-11-10-12-17-27)46-35(51)30-18-13-23-48(30)26(2)3/h26-32,34H,9-25H2,1-8H3,(H,44,54)(H,45,52)(H,46,51)(H,47,53)/t29-,30+,31-,32-,34+,43+/m0/s1. The molecule has 6 atom stereocenters. The van der Waals surface area contributed by atoms with Crippen LogP contribution >= 0.6 is 0 Å². The highest BCUT2D eigenvalue weighted by molar-refractivity contribution is 6.38. The molecule has 0 aromatic rings. The molecule has 12 heteroatoms. The van der Waals surface area contributed by atoms with Gasteiger partial charge < -0.3 is 26.2 Å². The minimum Gasteiger partial charge on any atom is -0.347 e. The fraction of sp³-hybridized carbons (Fsp3) is 0.860. The second-order valence-corrected chi connectivity index (χ2v) is 20.0. The highest BCUT2D eigenvalue weighted by Gasteiger charge is 2.85. The number of amides is 5. The molecule has 0 unspecified atom stereocenters. The van der Waals surface area contributed by atoms with Gasteiger partial charge in [-0.15, -0.1) is 0 Å². The van der Waals surface area contributed by atoms with Crippen LogP contribution in [0.1, 0.15) is 152 Å². The molecule has 2 saturated heterocycles. The Bertz CT molecular complexity index is 1510. The van der Waals surface area contributed by atoms with Gasteiger partial charge in [-0.05, 0) is 107 Å². The van der Waals surface area contributed by atoms with Crippen LogP contribution < -0.4 is 21.3 Å². The van der Waals surface area contributed by atoms with Crippen molar-refractivity contribution in [1.82, 2.24) is 31.1 Å². The van der Waals surface area contributed by atoms with Gasteiger partial charge in [-0.3, -0.25) is 33.7 Å². The summed E-state index contributed by atoms with van der Waals surface area (Å²) in [7, 11) is 0. The molecule has 55 heavy (non-hydrogen) atoms. The Morgan fingerprint density at radius 2 is 1.44 bits per heavy atom. The third-order valence-corrected chi connectivity index (χ3v) is 15.1. The third-order valence-electron chi connectivity index (χ3n) is 15.1. The Balaban J connectivity index is 1.26. The van der Waals surface area contributed by atoms with E-state index in [0.29, 0.717) is 25.8 Å². The number of fused-ring (bicyclic) bond motifs is 1. The molecule has 0 bridgehead atoms. The number of nitrogens with one attached hydrogen (secondary N) is 4. The number of ketones is 1. The Kier molecular flexibility index (Phi) is 11.9. The van der Waals surface area contributed by atoms with Gasteiger partial charge in [0, 0.05) is 24.0 Å². The van der Waals surface area contributed by atoms with Crippen LogP contribution in [0.2, 0.25) is 0 Å². The summed E-state index contributed by atoms with van der Waals surface area (Å²) in [5.41, 5.74) is -1.04. The van der Waals surface area contributed by atoms with E-state index in [-0.39, 0.29) is 58.0 Å². The highest BCUT2D eigenvalue weighted by Crippen LogP contribution is 2.88. The van der Waals surface area contributed by atoms with Crippen molar-refractivity contribution in [3.05, 3.63) is 0 Å². The fourth-order valence-electron chi connectivity index (χ4n) is 11.4. The first-order valence-electron chi connectivity index (χ1n) is 21.7. The van der Waals surface area contributed by atoms with Gasteiger partial charge >= 0.3 is 0 Å². The highest BCUT2D eigenvalue weighted by atomic mass is 16.2. The summed E-state index contributed by atoms with van der Waals surface area (Å²) >= 11 is 0. The number of nitrogens with zero attached hydrogens (tertiary/aromatic N) is 2. The summed E-state index contributed by atoms with van der Waals surface area (Å²) in [6, 6.07) is -3.65. The van der Waals surface area contributed by atoms with Crippen molar-refractivity contribution in [2.24, 2.45) is 27.6 Å². The van der Waals surface area contributed by atoms with E-state index >= 15 is 4.79 Å². The van der Waals surface area contributed by atoms with Crippen LogP contribution in [0.4, 0.5) is 0 Å². The van der Waals surface area contributed by atoms with Gasteiger partial charge in [0.15, 0.2) is 0 Å². The smallest absolute Gasteiger partial charge is 0.289 e. The van der Waals surface area contributed by atoms with Crippen LogP contribution in [-0.2, 0) is 28.8 Å². The number of carbonyl (C=O) groups is 6. The molecule has 2 heterocycles. The first-order valence-corrected chi connectivity index (χ1v) is 21.7. The Morgan fingerprint density at radius 3 is 1.98 bits per heavy atom. The summed E-state index contributed by atoms with van der Waals surface area (Å²) in [5.74, 6) is -2.59. The van der Waals surface area contributed by atoms with Crippen LogP contribution in [0.15, 0.2) is 0 Å². The summed E-state index contributed by atoms with van der Waals surface area (Å²) in [5, 5.41) is 12.0. The molecule has 308 valence electrons. The minimum atomic E-state index is -0.987. The predicted molar refractivity (Wildman–Crippen MR) is 210 cm³/mol. The molecule has 4 aliphatic carbocycles. The van der Waals surface area contributed by atoms with Crippen LogP contribution in [0.5, 0.6) is 0 Å². The van der Waals surface area contributed by atoms with Crippen molar-refractivity contribution in [2.75, 3.05) is 13.1 Å². The first-order chi connectivity index (χ1) is 25.9. The first kappa shape index (κ1) is 41.6. The molecular formula is C43H70N6O6. The molecule has 6 fully saturated rings. The number of carbonyl (C=O) groups excluding carboxylic acids is 6. The Morgan fingerprint density at radius 1 is 0.782 bits per heavy atom. The van der Waals surface area contributed by atoms with E-state index < -0.39 is 47.2 Å². The molecular weight excluding hydrogens is 697 g/mol. The van der Waals surface area contributed by atoms with Gasteiger partial charge in [-0.25, -0.2) is 0 Å². The molecule has 4 saturated carbocycles. The minimum absolute atomic E-state index is 0.0148. The van der Waals surface area contributed by atoms with E-state index in [1.54, 1.807) is 4.90 Å². The predicted octanol–water partition coefficient (Wildman–Crippen LogP) is 4.39. The molecule has 5 amide bonds. The van der Waals surface area contributed by atoms with Gasteiger partial charge in [-0.1, -0.05) is 73.6 Å². The van der Waals surface area contributed by atoms with Crippen LogP contribution in [0, 0.1) is 27.6 Å². The van der Waals surface area contributed by atoms with E-state index in [0.717, 1.165) is 83.6 Å². The molecule has 6 aliphatic rings. The van der Waals surface area contributed by atoms with E-state index in [1.165, 1.54) is 0 Å². The summed E-state index contributed by atoms with van der Waals surface area (Å²) in [6.45, 7) is 17.6. The fourth-order valence-corrected chi connectivity index (χ4v) is 11.4. The largest absolute Gasteiger partial charge is 0.347 e. The summed E-state index contributed by atoms with van der Waals surface area (Å²) in [6.07, 6.45) is 12.7. The number of rotatable bonds is 14. The molecule has 0 radical (unpaired) electrons. The van der Waals surface area contributed by atoms with Crippen molar-refractivity contribution in [2.45, 2.75) is 194 Å². The van der Waals surface area contributed by atoms with Gasteiger partial charge in [-0.2, -0.15) is 0 Å². The maximum absolute atomic E-state index is 15.1. The Hall–Kier alpha value is -3.02. The molecule has 0 aromatic carbocycles. The molecule has 0 aromatic heterocycles. The lowest BCUT2D eigenvalue weighted by Crippen LogP contribution is -2.62. The molecule has 4 N–H and O–H groups in total. The van der Waals surface area contributed by atoms with E-state index in [1.807, 2.05) is 27.7 Å². The number of likely N-dealkylation sites (tertiary alicyclic amines) is 2. The topological polar surface area (TPSA) is 157 Å². The maximum atomic E-state index is 15.1. The van der Waals surface area contributed by atoms with Crippen molar-refractivity contribution < 1.29 is 28.8 Å². The molecule has 2 aliphatic heterocycles. The third kappa shape index (κ3) is 7.71. The lowest BCUT2D eigenvalue weighted by molar-refractivity contribution is -0.145.